The van der Waals surface area contributed by atoms with Crippen molar-refractivity contribution < 1.29 is 13.2 Å². The van der Waals surface area contributed by atoms with Gasteiger partial charge in [-0.3, -0.25) is 9.52 Å². The summed E-state index contributed by atoms with van der Waals surface area (Å²) in [6, 6.07) is 0. The van der Waals surface area contributed by atoms with Crippen molar-refractivity contribution in [3.63, 3.8) is 0 Å². The summed E-state index contributed by atoms with van der Waals surface area (Å²) in [6.07, 6.45) is 4.38. The largest absolute Gasteiger partial charge is 0.317 e. The molecule has 2 rings (SSSR count). The van der Waals surface area contributed by atoms with E-state index in [4.69, 9.17) is 5.73 Å². The van der Waals surface area contributed by atoms with Crippen LogP contribution in [0.5, 0.6) is 0 Å². The van der Waals surface area contributed by atoms with Gasteiger partial charge in [0.2, 0.25) is 10.0 Å². The number of nitrogens with one attached hydrogen (secondary N) is 1. The molecule has 3 N–H and O–H groups in total. The molecule has 2 aliphatic carbocycles. The Morgan fingerprint density at radius 1 is 1.35 bits per heavy atom. The van der Waals surface area contributed by atoms with E-state index in [9.17, 15) is 13.2 Å². The van der Waals surface area contributed by atoms with Gasteiger partial charge < -0.3 is 5.73 Å². The maximum atomic E-state index is 12.0. The first-order valence-electron chi connectivity index (χ1n) is 6.18. The van der Waals surface area contributed by atoms with Crippen molar-refractivity contribution in [2.45, 2.75) is 56.2 Å². The molecule has 0 aliphatic heterocycles. The molecule has 0 aromatic carbocycles. The Morgan fingerprint density at radius 2 is 2.00 bits per heavy atom. The lowest BCUT2D eigenvalue weighted by Crippen LogP contribution is -2.57. The van der Waals surface area contributed by atoms with Crippen LogP contribution in [0.4, 0.5) is 0 Å². The summed E-state index contributed by atoms with van der Waals surface area (Å²) in [5, 5.41) is -0.379. The van der Waals surface area contributed by atoms with Gasteiger partial charge in [-0.05, 0) is 31.6 Å². The van der Waals surface area contributed by atoms with Crippen LogP contribution >= 0.6 is 0 Å². The molecule has 2 fully saturated rings. The zero-order valence-corrected chi connectivity index (χ0v) is 10.9. The number of nitrogens with two attached hydrogens (primary N) is 1. The first kappa shape index (κ1) is 12.8. The maximum absolute atomic E-state index is 12.0. The van der Waals surface area contributed by atoms with Crippen LogP contribution < -0.4 is 10.5 Å². The standard InChI is InChI=1S/C11H20N2O3S/c1-8-3-2-6-11(12,7-8)10(14)13-17(15,16)9-4-5-9/h8-9H,2-7,12H2,1H3,(H,13,14). The van der Waals surface area contributed by atoms with Crippen LogP contribution in [0.3, 0.4) is 0 Å². The van der Waals surface area contributed by atoms with Crippen LogP contribution in [-0.2, 0) is 14.8 Å². The van der Waals surface area contributed by atoms with E-state index in [1.54, 1.807) is 0 Å². The fourth-order valence-electron chi connectivity index (χ4n) is 2.49. The third kappa shape index (κ3) is 2.80. The number of hydrogen-bond acceptors (Lipinski definition) is 4. The Morgan fingerprint density at radius 3 is 2.53 bits per heavy atom. The molecular formula is C11H20N2O3S. The van der Waals surface area contributed by atoms with Crippen molar-refractivity contribution >= 4 is 15.9 Å². The Balaban J connectivity index is 2.03. The van der Waals surface area contributed by atoms with Gasteiger partial charge in [-0.15, -0.1) is 0 Å². The third-order valence-electron chi connectivity index (χ3n) is 3.68. The molecule has 2 unspecified atom stereocenters. The SMILES string of the molecule is CC1CCCC(N)(C(=O)NS(=O)(=O)C2CC2)C1. The lowest BCUT2D eigenvalue weighted by atomic mass is 9.77. The van der Waals surface area contributed by atoms with E-state index in [0.29, 0.717) is 31.6 Å². The topological polar surface area (TPSA) is 89.3 Å². The van der Waals surface area contributed by atoms with Gasteiger partial charge in [0.15, 0.2) is 0 Å². The summed E-state index contributed by atoms with van der Waals surface area (Å²) in [7, 11) is -3.47. The Labute approximate surface area is 102 Å². The first-order chi connectivity index (χ1) is 7.83. The molecule has 0 bridgehead atoms. The van der Waals surface area contributed by atoms with Gasteiger partial charge in [-0.25, -0.2) is 8.42 Å². The highest BCUT2D eigenvalue weighted by Crippen LogP contribution is 2.32. The van der Waals surface area contributed by atoms with Crippen molar-refractivity contribution in [3.8, 4) is 0 Å². The second kappa shape index (κ2) is 4.24. The van der Waals surface area contributed by atoms with Crippen LogP contribution in [0.15, 0.2) is 0 Å². The van der Waals surface area contributed by atoms with Crippen molar-refractivity contribution in [2.75, 3.05) is 0 Å². The molecule has 5 nitrogen and oxygen atoms in total. The van der Waals surface area contributed by atoms with E-state index < -0.39 is 21.5 Å². The summed E-state index contributed by atoms with van der Waals surface area (Å²) in [6.45, 7) is 2.05. The molecule has 2 aliphatic rings. The van der Waals surface area contributed by atoms with Crippen LogP contribution in [0, 0.1) is 5.92 Å². The molecule has 0 saturated heterocycles. The van der Waals surface area contributed by atoms with Gasteiger partial charge >= 0.3 is 0 Å². The molecule has 2 atom stereocenters. The minimum absolute atomic E-state index is 0.378. The maximum Gasteiger partial charge on any atom is 0.253 e. The minimum Gasteiger partial charge on any atom is -0.317 e. The van der Waals surface area contributed by atoms with E-state index in [0.717, 1.165) is 12.8 Å². The van der Waals surface area contributed by atoms with Gasteiger partial charge in [0.1, 0.15) is 0 Å². The number of rotatable bonds is 3. The Hall–Kier alpha value is -0.620. The predicted molar refractivity (Wildman–Crippen MR) is 64.6 cm³/mol. The molecule has 1 amide bonds. The quantitative estimate of drug-likeness (QED) is 0.773. The second-order valence-corrected chi connectivity index (χ2v) is 7.49. The molecular weight excluding hydrogens is 240 g/mol. The van der Waals surface area contributed by atoms with Gasteiger partial charge in [0, 0.05) is 0 Å². The highest BCUT2D eigenvalue weighted by atomic mass is 32.2. The van der Waals surface area contributed by atoms with Gasteiger partial charge in [0.05, 0.1) is 10.8 Å². The third-order valence-corrected chi connectivity index (χ3v) is 5.50. The molecule has 0 aromatic heterocycles. The summed E-state index contributed by atoms with van der Waals surface area (Å²) in [5.41, 5.74) is 5.04. The number of carbonyl (C=O) groups is 1. The number of amides is 1. The van der Waals surface area contributed by atoms with E-state index in [1.165, 1.54) is 0 Å². The Kier molecular flexibility index (Phi) is 3.20. The molecule has 98 valence electrons. The van der Waals surface area contributed by atoms with Crippen LogP contribution in [0.1, 0.15) is 45.4 Å². The highest BCUT2D eigenvalue weighted by Gasteiger charge is 2.43. The van der Waals surface area contributed by atoms with E-state index in [2.05, 4.69) is 4.72 Å². The minimum atomic E-state index is -3.47. The van der Waals surface area contributed by atoms with Crippen molar-refractivity contribution in [2.24, 2.45) is 11.7 Å². The molecule has 6 heteroatoms. The zero-order valence-electron chi connectivity index (χ0n) is 10.1. The van der Waals surface area contributed by atoms with E-state index in [-0.39, 0.29) is 5.25 Å². The van der Waals surface area contributed by atoms with Crippen molar-refractivity contribution in [1.29, 1.82) is 0 Å². The smallest absolute Gasteiger partial charge is 0.253 e. The molecule has 0 radical (unpaired) electrons. The average Bonchev–Trinajstić information content (AvgIpc) is 2.99. The van der Waals surface area contributed by atoms with E-state index >= 15 is 0 Å². The summed E-state index contributed by atoms with van der Waals surface area (Å²) >= 11 is 0. The second-order valence-electron chi connectivity index (χ2n) is 5.53. The molecule has 2 saturated carbocycles. The molecule has 17 heavy (non-hydrogen) atoms. The summed E-state index contributed by atoms with van der Waals surface area (Å²) in [5.74, 6) is -0.140. The van der Waals surface area contributed by atoms with Gasteiger partial charge in [-0.1, -0.05) is 19.8 Å². The molecule has 0 aromatic rings. The lowest BCUT2D eigenvalue weighted by Gasteiger charge is -2.35. The molecule has 0 spiro atoms. The fraction of sp³-hybridized carbons (Fsp3) is 0.909. The zero-order chi connectivity index (χ0) is 12.7. The van der Waals surface area contributed by atoms with Gasteiger partial charge in [-0.2, -0.15) is 0 Å². The summed E-state index contributed by atoms with van der Waals surface area (Å²) < 4.78 is 25.5. The lowest BCUT2D eigenvalue weighted by molar-refractivity contribution is -0.126. The van der Waals surface area contributed by atoms with Crippen LogP contribution in [-0.4, -0.2) is 25.1 Å². The first-order valence-corrected chi connectivity index (χ1v) is 7.73. The number of hydrogen-bond donors (Lipinski definition) is 2. The number of carbonyl (C=O) groups excluding carboxylic acids is 1. The van der Waals surface area contributed by atoms with Gasteiger partial charge in [0.25, 0.3) is 5.91 Å². The van der Waals surface area contributed by atoms with Crippen molar-refractivity contribution in [3.05, 3.63) is 0 Å². The fourth-order valence-corrected chi connectivity index (χ4v) is 3.88. The normalized spacial score (nSPS) is 34.4. The number of sulfonamides is 1. The van der Waals surface area contributed by atoms with Crippen LogP contribution in [0.2, 0.25) is 0 Å². The Bertz CT molecular complexity index is 416. The highest BCUT2D eigenvalue weighted by molar-refractivity contribution is 7.90. The van der Waals surface area contributed by atoms with Crippen LogP contribution in [0.25, 0.3) is 0 Å². The van der Waals surface area contributed by atoms with E-state index in [1.807, 2.05) is 6.92 Å². The summed E-state index contributed by atoms with van der Waals surface area (Å²) in [4.78, 5) is 12.0. The van der Waals surface area contributed by atoms with Crippen molar-refractivity contribution in [1.82, 2.24) is 4.72 Å². The molecule has 0 heterocycles. The monoisotopic (exact) mass is 260 g/mol. The predicted octanol–water partition coefficient (Wildman–Crippen LogP) is 0.502. The average molecular weight is 260 g/mol.